The maximum Gasteiger partial charge on any atom is 0.244 e. The molecular weight excluding hydrogens is 368 g/mol. The Morgan fingerprint density at radius 3 is 3.00 bits per heavy atom. The SMILES string of the molecule is O=S(=O)(NCc1ccnc(OC2CCOC2)c1)c1cccc(Cl)c1O. The van der Waals surface area contributed by atoms with Crippen LogP contribution in [0.15, 0.2) is 41.4 Å². The first-order chi connectivity index (χ1) is 12.0. The number of nitrogens with one attached hydrogen (secondary N) is 1. The minimum absolute atomic E-state index is 0.0222. The highest BCUT2D eigenvalue weighted by Crippen LogP contribution is 2.30. The molecule has 25 heavy (non-hydrogen) atoms. The van der Waals surface area contributed by atoms with Crippen LogP contribution in [0.3, 0.4) is 0 Å². The van der Waals surface area contributed by atoms with Gasteiger partial charge in [-0.1, -0.05) is 17.7 Å². The van der Waals surface area contributed by atoms with Gasteiger partial charge in [-0.25, -0.2) is 18.1 Å². The van der Waals surface area contributed by atoms with Crippen molar-refractivity contribution in [3.8, 4) is 11.6 Å². The van der Waals surface area contributed by atoms with Crippen molar-refractivity contribution in [3.63, 3.8) is 0 Å². The first kappa shape index (κ1) is 17.9. The molecule has 1 aromatic heterocycles. The minimum Gasteiger partial charge on any atom is -0.505 e. The van der Waals surface area contributed by atoms with Gasteiger partial charge in [-0.05, 0) is 23.8 Å². The molecule has 0 saturated carbocycles. The topological polar surface area (TPSA) is 97.8 Å². The van der Waals surface area contributed by atoms with Crippen LogP contribution in [-0.2, 0) is 21.3 Å². The maximum absolute atomic E-state index is 12.3. The summed E-state index contributed by atoms with van der Waals surface area (Å²) >= 11 is 5.76. The molecule has 0 bridgehead atoms. The fourth-order valence-electron chi connectivity index (χ4n) is 2.37. The van der Waals surface area contributed by atoms with Gasteiger partial charge in [0.05, 0.1) is 18.2 Å². The Balaban J connectivity index is 1.69. The zero-order valence-electron chi connectivity index (χ0n) is 13.2. The lowest BCUT2D eigenvalue weighted by Gasteiger charge is -2.12. The molecule has 7 nitrogen and oxygen atoms in total. The summed E-state index contributed by atoms with van der Waals surface area (Å²) in [6.07, 6.45) is 2.31. The average molecular weight is 385 g/mol. The number of phenolic OH excluding ortho intramolecular Hbond substituents is 1. The standard InChI is InChI=1S/C16H17ClN2O5S/c17-13-2-1-3-14(16(13)20)25(21,22)19-9-11-4-6-18-15(8-11)24-12-5-7-23-10-12/h1-4,6,8,12,19-20H,5,7,9-10H2. The predicted octanol–water partition coefficient (Wildman–Crippen LogP) is 2.09. The molecule has 1 atom stereocenters. The van der Waals surface area contributed by atoms with E-state index in [0.717, 1.165) is 6.42 Å². The number of phenols is 1. The van der Waals surface area contributed by atoms with Crippen molar-refractivity contribution in [2.24, 2.45) is 0 Å². The number of para-hydroxylation sites is 1. The Morgan fingerprint density at radius 1 is 1.40 bits per heavy atom. The molecule has 1 unspecified atom stereocenters. The van der Waals surface area contributed by atoms with Gasteiger partial charge in [-0.3, -0.25) is 0 Å². The monoisotopic (exact) mass is 384 g/mol. The quantitative estimate of drug-likeness (QED) is 0.791. The second-order valence-corrected chi connectivity index (χ2v) is 7.66. The number of aromatic nitrogens is 1. The van der Waals surface area contributed by atoms with Crippen LogP contribution in [0.2, 0.25) is 5.02 Å². The van der Waals surface area contributed by atoms with Gasteiger partial charge in [0, 0.05) is 25.2 Å². The van der Waals surface area contributed by atoms with E-state index in [4.69, 9.17) is 21.1 Å². The molecule has 3 rings (SSSR count). The van der Waals surface area contributed by atoms with E-state index >= 15 is 0 Å². The average Bonchev–Trinajstić information content (AvgIpc) is 3.09. The number of benzene rings is 1. The first-order valence-corrected chi connectivity index (χ1v) is 9.48. The molecule has 1 saturated heterocycles. The smallest absolute Gasteiger partial charge is 0.244 e. The Labute approximate surface area is 150 Å². The molecule has 1 aliphatic heterocycles. The van der Waals surface area contributed by atoms with Gasteiger partial charge in [0.25, 0.3) is 0 Å². The molecule has 9 heteroatoms. The summed E-state index contributed by atoms with van der Waals surface area (Å²) in [5.74, 6) is -0.0607. The van der Waals surface area contributed by atoms with Crippen LogP contribution in [0.5, 0.6) is 11.6 Å². The number of rotatable bonds is 6. The summed E-state index contributed by atoms with van der Waals surface area (Å²) in [5.41, 5.74) is 0.675. The second-order valence-electron chi connectivity index (χ2n) is 5.52. The zero-order valence-corrected chi connectivity index (χ0v) is 14.8. The maximum atomic E-state index is 12.3. The Hall–Kier alpha value is -1.87. The number of hydrogen-bond acceptors (Lipinski definition) is 6. The van der Waals surface area contributed by atoms with E-state index in [1.54, 1.807) is 18.3 Å². The molecule has 0 spiro atoms. The van der Waals surface area contributed by atoms with E-state index < -0.39 is 15.8 Å². The minimum atomic E-state index is -3.91. The number of halogens is 1. The summed E-state index contributed by atoms with van der Waals surface area (Å²) in [7, 11) is -3.91. The van der Waals surface area contributed by atoms with Crippen molar-refractivity contribution in [3.05, 3.63) is 47.1 Å². The van der Waals surface area contributed by atoms with E-state index in [9.17, 15) is 13.5 Å². The van der Waals surface area contributed by atoms with E-state index in [2.05, 4.69) is 9.71 Å². The van der Waals surface area contributed by atoms with Crippen molar-refractivity contribution < 1.29 is 23.0 Å². The lowest BCUT2D eigenvalue weighted by atomic mass is 10.2. The molecule has 134 valence electrons. The third-order valence-electron chi connectivity index (χ3n) is 3.68. The van der Waals surface area contributed by atoms with Gasteiger partial charge in [0.2, 0.25) is 15.9 Å². The number of pyridine rings is 1. The van der Waals surface area contributed by atoms with Crippen LogP contribution < -0.4 is 9.46 Å². The normalized spacial score (nSPS) is 17.6. The number of nitrogens with zero attached hydrogens (tertiary/aromatic N) is 1. The molecular formula is C16H17ClN2O5S. The predicted molar refractivity (Wildman–Crippen MR) is 91.2 cm³/mol. The lowest BCUT2D eigenvalue weighted by molar-refractivity contribution is 0.138. The molecule has 1 fully saturated rings. The molecule has 1 aromatic carbocycles. The largest absolute Gasteiger partial charge is 0.505 e. The molecule has 2 aromatic rings. The van der Waals surface area contributed by atoms with Gasteiger partial charge in [0.1, 0.15) is 11.0 Å². The van der Waals surface area contributed by atoms with Crippen LogP contribution in [0.25, 0.3) is 0 Å². The highest BCUT2D eigenvalue weighted by atomic mass is 35.5. The van der Waals surface area contributed by atoms with Crippen LogP contribution in [0, 0.1) is 0 Å². The van der Waals surface area contributed by atoms with E-state index in [0.29, 0.717) is 24.7 Å². The Kier molecular flexibility index (Phi) is 5.43. The van der Waals surface area contributed by atoms with Gasteiger partial charge >= 0.3 is 0 Å². The summed E-state index contributed by atoms with van der Waals surface area (Å²) < 4.78 is 38.1. The van der Waals surface area contributed by atoms with Gasteiger partial charge < -0.3 is 14.6 Å². The zero-order chi connectivity index (χ0) is 17.9. The highest BCUT2D eigenvalue weighted by Gasteiger charge is 2.21. The molecule has 2 heterocycles. The first-order valence-electron chi connectivity index (χ1n) is 7.62. The third kappa shape index (κ3) is 4.40. The van der Waals surface area contributed by atoms with E-state index in [1.807, 2.05) is 0 Å². The second kappa shape index (κ2) is 7.57. The van der Waals surface area contributed by atoms with E-state index in [1.165, 1.54) is 18.2 Å². The van der Waals surface area contributed by atoms with Crippen molar-refractivity contribution >= 4 is 21.6 Å². The number of aromatic hydroxyl groups is 1. The molecule has 0 radical (unpaired) electrons. The molecule has 2 N–H and O–H groups in total. The van der Waals surface area contributed by atoms with Crippen molar-refractivity contribution in [1.29, 1.82) is 0 Å². The fourth-order valence-corrected chi connectivity index (χ4v) is 3.73. The number of ether oxygens (including phenoxy) is 2. The van der Waals surface area contributed by atoms with Gasteiger partial charge in [-0.2, -0.15) is 0 Å². The highest BCUT2D eigenvalue weighted by molar-refractivity contribution is 7.89. The van der Waals surface area contributed by atoms with Crippen molar-refractivity contribution in [1.82, 2.24) is 9.71 Å². The van der Waals surface area contributed by atoms with Crippen LogP contribution in [0.1, 0.15) is 12.0 Å². The van der Waals surface area contributed by atoms with Crippen LogP contribution in [0.4, 0.5) is 0 Å². The van der Waals surface area contributed by atoms with Crippen LogP contribution in [-0.4, -0.2) is 37.8 Å². The molecule has 0 amide bonds. The Morgan fingerprint density at radius 2 is 2.24 bits per heavy atom. The molecule has 0 aliphatic carbocycles. The molecule has 1 aliphatic rings. The van der Waals surface area contributed by atoms with E-state index in [-0.39, 0.29) is 22.6 Å². The lowest BCUT2D eigenvalue weighted by Crippen LogP contribution is -2.23. The van der Waals surface area contributed by atoms with Crippen molar-refractivity contribution in [2.45, 2.75) is 24.0 Å². The summed E-state index contributed by atoms with van der Waals surface area (Å²) in [6.45, 7) is 1.20. The number of sulfonamides is 1. The van der Waals surface area contributed by atoms with Crippen molar-refractivity contribution in [2.75, 3.05) is 13.2 Å². The fraction of sp³-hybridized carbons (Fsp3) is 0.312. The summed E-state index contributed by atoms with van der Waals surface area (Å²) in [4.78, 5) is 3.85. The van der Waals surface area contributed by atoms with Gasteiger partial charge in [-0.15, -0.1) is 0 Å². The summed E-state index contributed by atoms with van der Waals surface area (Å²) in [6, 6.07) is 7.50. The van der Waals surface area contributed by atoms with Gasteiger partial charge in [0.15, 0.2) is 5.75 Å². The van der Waals surface area contributed by atoms with Crippen LogP contribution >= 0.6 is 11.6 Å². The summed E-state index contributed by atoms with van der Waals surface area (Å²) in [5, 5.41) is 9.81. The number of hydrogen-bond donors (Lipinski definition) is 2. The Bertz CT molecular complexity index is 853. The third-order valence-corrected chi connectivity index (χ3v) is 5.42.